The lowest BCUT2D eigenvalue weighted by Gasteiger charge is -2.26. The van der Waals surface area contributed by atoms with E-state index in [4.69, 9.17) is 20.6 Å². The molecule has 8 nitrogen and oxygen atoms in total. The summed E-state index contributed by atoms with van der Waals surface area (Å²) in [6.45, 7) is 18.1. The second-order valence-corrected chi connectivity index (χ2v) is 9.79. The molecule has 0 spiro atoms. The Morgan fingerprint density at radius 2 is 1.94 bits per heavy atom. The maximum absolute atomic E-state index is 12.6. The maximum Gasteiger partial charge on any atom is 0.410 e. The molecule has 1 aliphatic rings. The van der Waals surface area contributed by atoms with Gasteiger partial charge in [0.05, 0.1) is 12.7 Å². The van der Waals surface area contributed by atoms with Gasteiger partial charge in [0.15, 0.2) is 0 Å². The van der Waals surface area contributed by atoms with Crippen molar-refractivity contribution in [3.8, 4) is 28.6 Å². The van der Waals surface area contributed by atoms with E-state index < -0.39 is 5.60 Å². The van der Waals surface area contributed by atoms with Crippen molar-refractivity contribution in [1.29, 1.82) is 0 Å². The summed E-state index contributed by atoms with van der Waals surface area (Å²) in [7, 11) is 0. The van der Waals surface area contributed by atoms with Crippen molar-refractivity contribution in [2.45, 2.75) is 59.2 Å². The van der Waals surface area contributed by atoms with Crippen LogP contribution in [0.5, 0.6) is 5.75 Å². The average Bonchev–Trinajstić information content (AvgIpc) is 3.17. The van der Waals surface area contributed by atoms with E-state index in [1.165, 1.54) is 0 Å². The molecule has 0 fully saturated rings. The predicted octanol–water partition coefficient (Wildman–Crippen LogP) is 6.08. The van der Waals surface area contributed by atoms with E-state index >= 15 is 0 Å². The van der Waals surface area contributed by atoms with Crippen LogP contribution in [0.3, 0.4) is 0 Å². The molecule has 3 aromatic rings. The van der Waals surface area contributed by atoms with Crippen molar-refractivity contribution in [1.82, 2.24) is 15.0 Å². The molecule has 182 valence electrons. The van der Waals surface area contributed by atoms with E-state index in [1.54, 1.807) is 17.0 Å². The van der Waals surface area contributed by atoms with Crippen LogP contribution in [-0.4, -0.2) is 45.9 Å². The average molecular weight is 475 g/mol. The fourth-order valence-electron chi connectivity index (χ4n) is 4.04. The van der Waals surface area contributed by atoms with Gasteiger partial charge in [-0.05, 0) is 76.8 Å². The van der Waals surface area contributed by atoms with Crippen LogP contribution in [0.1, 0.15) is 45.7 Å². The first-order valence-electron chi connectivity index (χ1n) is 11.8. The number of hydrogen-bond donors (Lipinski definition) is 0. The monoisotopic (exact) mass is 474 g/mol. The smallest absolute Gasteiger partial charge is 0.410 e. The van der Waals surface area contributed by atoms with Gasteiger partial charge in [0.2, 0.25) is 11.5 Å². The van der Waals surface area contributed by atoms with Gasteiger partial charge in [0.1, 0.15) is 11.4 Å². The Kier molecular flexibility index (Phi) is 6.79. The second kappa shape index (κ2) is 9.79. The van der Waals surface area contributed by atoms with Crippen molar-refractivity contribution >= 4 is 11.8 Å². The van der Waals surface area contributed by atoms with Crippen LogP contribution in [0.25, 0.3) is 27.7 Å². The Morgan fingerprint density at radius 3 is 2.66 bits per heavy atom. The first-order chi connectivity index (χ1) is 16.6. The third-order valence-electron chi connectivity index (χ3n) is 5.56. The van der Waals surface area contributed by atoms with Crippen molar-refractivity contribution in [2.24, 2.45) is 0 Å². The highest BCUT2D eigenvalue weighted by Crippen LogP contribution is 2.34. The first-order valence-corrected chi connectivity index (χ1v) is 11.8. The summed E-state index contributed by atoms with van der Waals surface area (Å²) < 4.78 is 16.8. The van der Waals surface area contributed by atoms with E-state index in [-0.39, 0.29) is 12.2 Å². The third-order valence-corrected chi connectivity index (χ3v) is 5.56. The van der Waals surface area contributed by atoms with E-state index in [0.717, 1.165) is 23.1 Å². The summed E-state index contributed by atoms with van der Waals surface area (Å²) in [5.41, 5.74) is 3.66. The Bertz CT molecular complexity index is 1270. The molecule has 1 amide bonds. The van der Waals surface area contributed by atoms with Gasteiger partial charge in [-0.25, -0.2) is 9.64 Å². The van der Waals surface area contributed by atoms with Gasteiger partial charge >= 0.3 is 6.09 Å². The SMILES string of the molecule is [C-]#[N+]c1cc(-c2nc(-c3cccc4c3CCN(C(=O)OC(C)(C)C)CC4)no2)ccc1OC(C)C. The van der Waals surface area contributed by atoms with E-state index in [9.17, 15) is 4.79 Å². The molecule has 0 aliphatic carbocycles. The van der Waals surface area contributed by atoms with Crippen LogP contribution >= 0.6 is 0 Å². The summed E-state index contributed by atoms with van der Waals surface area (Å²) in [6, 6.07) is 11.3. The highest BCUT2D eigenvalue weighted by Gasteiger charge is 2.26. The quantitative estimate of drug-likeness (QED) is 0.427. The fourth-order valence-corrected chi connectivity index (χ4v) is 4.04. The number of amides is 1. The molecule has 0 radical (unpaired) electrons. The minimum Gasteiger partial charge on any atom is -0.502 e. The highest BCUT2D eigenvalue weighted by atomic mass is 16.6. The van der Waals surface area contributed by atoms with Gasteiger partial charge in [-0.2, -0.15) is 4.98 Å². The van der Waals surface area contributed by atoms with Crippen LogP contribution in [0, 0.1) is 6.57 Å². The zero-order valence-electron chi connectivity index (χ0n) is 20.8. The molecule has 0 bridgehead atoms. The molecule has 8 heteroatoms. The molecular formula is C27H30N4O4. The maximum atomic E-state index is 12.6. The van der Waals surface area contributed by atoms with Crippen LogP contribution in [-0.2, 0) is 17.6 Å². The van der Waals surface area contributed by atoms with Crippen molar-refractivity contribution in [3.05, 3.63) is 58.9 Å². The van der Waals surface area contributed by atoms with E-state index in [0.29, 0.717) is 48.2 Å². The van der Waals surface area contributed by atoms with Gasteiger partial charge in [-0.3, -0.25) is 0 Å². The fraction of sp³-hybridized carbons (Fsp3) is 0.407. The van der Waals surface area contributed by atoms with Crippen LogP contribution in [0.4, 0.5) is 10.5 Å². The Balaban J connectivity index is 1.58. The van der Waals surface area contributed by atoms with Gasteiger partial charge in [0, 0.05) is 24.2 Å². The third kappa shape index (κ3) is 5.62. The van der Waals surface area contributed by atoms with E-state index in [2.05, 4.69) is 21.1 Å². The summed E-state index contributed by atoms with van der Waals surface area (Å²) in [5, 5.41) is 4.23. The number of aromatic nitrogens is 2. The van der Waals surface area contributed by atoms with Gasteiger partial charge in [0.25, 0.3) is 5.89 Å². The molecule has 1 aromatic heterocycles. The first kappa shape index (κ1) is 24.3. The summed E-state index contributed by atoms with van der Waals surface area (Å²) >= 11 is 0. The molecule has 0 saturated heterocycles. The largest absolute Gasteiger partial charge is 0.502 e. The zero-order chi connectivity index (χ0) is 25.2. The van der Waals surface area contributed by atoms with Crippen LogP contribution in [0.2, 0.25) is 0 Å². The minimum absolute atomic E-state index is 0.0315. The number of benzene rings is 2. The normalized spacial score (nSPS) is 13.7. The molecule has 2 heterocycles. The van der Waals surface area contributed by atoms with E-state index in [1.807, 2.05) is 52.8 Å². The molecule has 0 N–H and O–H groups in total. The Morgan fingerprint density at radius 1 is 1.17 bits per heavy atom. The lowest BCUT2D eigenvalue weighted by atomic mass is 9.97. The minimum atomic E-state index is -0.533. The van der Waals surface area contributed by atoms with Gasteiger partial charge in [-0.15, -0.1) is 0 Å². The molecule has 35 heavy (non-hydrogen) atoms. The number of carbonyl (C=O) groups is 1. The van der Waals surface area contributed by atoms with Crippen molar-refractivity contribution in [3.63, 3.8) is 0 Å². The highest BCUT2D eigenvalue weighted by molar-refractivity contribution is 5.71. The number of rotatable bonds is 4. The lowest BCUT2D eigenvalue weighted by Crippen LogP contribution is -2.38. The molecular weight excluding hydrogens is 444 g/mol. The van der Waals surface area contributed by atoms with Crippen LogP contribution < -0.4 is 4.74 Å². The molecule has 0 atom stereocenters. The predicted molar refractivity (Wildman–Crippen MR) is 132 cm³/mol. The summed E-state index contributed by atoms with van der Waals surface area (Å²) in [4.78, 5) is 22.6. The van der Waals surface area contributed by atoms with Gasteiger partial charge in [-0.1, -0.05) is 23.4 Å². The Labute approximate surface area is 205 Å². The summed E-state index contributed by atoms with van der Waals surface area (Å²) in [5.74, 6) is 1.35. The Hall–Kier alpha value is -3.86. The molecule has 1 aliphatic heterocycles. The molecule has 0 saturated carbocycles. The number of ether oxygens (including phenoxy) is 2. The molecule has 4 rings (SSSR count). The van der Waals surface area contributed by atoms with Crippen LogP contribution in [0.15, 0.2) is 40.9 Å². The number of fused-ring (bicyclic) bond motifs is 1. The number of hydrogen-bond acceptors (Lipinski definition) is 6. The molecule has 2 aromatic carbocycles. The van der Waals surface area contributed by atoms with Crippen molar-refractivity contribution < 1.29 is 18.8 Å². The van der Waals surface area contributed by atoms with Gasteiger partial charge < -0.3 is 18.9 Å². The topological polar surface area (TPSA) is 82.1 Å². The number of nitrogens with zero attached hydrogens (tertiary/aromatic N) is 4. The standard InChI is InChI=1S/C27H30N4O4/c1-17(2)33-23-11-10-19(16-22(23)28-6)25-29-24(30-35-25)21-9-7-8-18-12-14-31(15-13-20(18)21)26(32)34-27(3,4)5/h7-11,16-17H,12-15H2,1-5H3. The zero-order valence-corrected chi connectivity index (χ0v) is 20.8. The number of carbonyl (C=O) groups excluding carboxylic acids is 1. The lowest BCUT2D eigenvalue weighted by molar-refractivity contribution is 0.0258. The molecule has 0 unspecified atom stereocenters. The van der Waals surface area contributed by atoms with Crippen molar-refractivity contribution in [2.75, 3.05) is 13.1 Å². The second-order valence-electron chi connectivity index (χ2n) is 9.79. The summed E-state index contributed by atoms with van der Waals surface area (Å²) in [6.07, 6.45) is 1.06.